The van der Waals surface area contributed by atoms with Crippen molar-refractivity contribution in [1.82, 2.24) is 15.2 Å². The molecule has 4 heteroatoms. The second-order valence-electron chi connectivity index (χ2n) is 4.62. The van der Waals surface area contributed by atoms with Gasteiger partial charge in [-0.25, -0.2) is 0 Å². The molecular weight excluding hydrogens is 278 g/mol. The summed E-state index contributed by atoms with van der Waals surface area (Å²) in [5.41, 5.74) is 1.22. The van der Waals surface area contributed by atoms with Gasteiger partial charge in [0.2, 0.25) is 0 Å². The number of halogens is 1. The molecule has 0 aliphatic rings. The first-order valence-corrected chi connectivity index (χ1v) is 6.89. The summed E-state index contributed by atoms with van der Waals surface area (Å²) in [7, 11) is 2.17. The van der Waals surface area contributed by atoms with Crippen molar-refractivity contribution in [3.8, 4) is 0 Å². The minimum absolute atomic E-state index is 0.629. The van der Waals surface area contributed by atoms with E-state index < -0.39 is 0 Å². The van der Waals surface area contributed by atoms with Gasteiger partial charge in [-0.3, -0.25) is 4.98 Å². The maximum atomic E-state index is 4.14. The van der Waals surface area contributed by atoms with Gasteiger partial charge < -0.3 is 10.2 Å². The zero-order valence-corrected chi connectivity index (χ0v) is 12.5. The highest BCUT2D eigenvalue weighted by Crippen LogP contribution is 2.09. The van der Waals surface area contributed by atoms with Crippen LogP contribution in [-0.2, 0) is 6.54 Å². The van der Waals surface area contributed by atoms with E-state index in [1.54, 1.807) is 6.20 Å². The number of pyridine rings is 1. The van der Waals surface area contributed by atoms with E-state index in [4.69, 9.17) is 0 Å². The summed E-state index contributed by atoms with van der Waals surface area (Å²) >= 11 is 3.42. The Hall–Kier alpha value is -0.450. The van der Waals surface area contributed by atoms with Crippen molar-refractivity contribution >= 4 is 15.9 Å². The molecule has 1 heterocycles. The fourth-order valence-corrected chi connectivity index (χ4v) is 1.91. The zero-order chi connectivity index (χ0) is 12.7. The Balaban J connectivity index is 2.12. The second kappa shape index (κ2) is 7.80. The molecular formula is C13H22BrN3. The monoisotopic (exact) mass is 299 g/mol. The van der Waals surface area contributed by atoms with E-state index >= 15 is 0 Å². The summed E-state index contributed by atoms with van der Waals surface area (Å²) in [6.07, 6.45) is 4.88. The molecule has 17 heavy (non-hydrogen) atoms. The molecule has 0 atom stereocenters. The molecule has 0 unspecified atom stereocenters. The van der Waals surface area contributed by atoms with Gasteiger partial charge in [-0.2, -0.15) is 0 Å². The minimum atomic E-state index is 0.629. The third-order valence-electron chi connectivity index (χ3n) is 2.84. The molecule has 0 aromatic carbocycles. The average Bonchev–Trinajstić information content (AvgIpc) is 2.28. The van der Waals surface area contributed by atoms with Gasteiger partial charge in [-0.1, -0.05) is 0 Å². The highest BCUT2D eigenvalue weighted by molar-refractivity contribution is 9.10. The fraction of sp³-hybridized carbons (Fsp3) is 0.615. The summed E-state index contributed by atoms with van der Waals surface area (Å²) in [5, 5.41) is 3.44. The second-order valence-corrected chi connectivity index (χ2v) is 5.53. The van der Waals surface area contributed by atoms with Crippen LogP contribution < -0.4 is 5.32 Å². The lowest BCUT2D eigenvalue weighted by atomic mass is 10.2. The Bertz CT molecular complexity index is 328. The highest BCUT2D eigenvalue weighted by Gasteiger charge is 2.01. The summed E-state index contributed by atoms with van der Waals surface area (Å²) in [6.45, 7) is 7.52. The maximum Gasteiger partial charge on any atom is 0.0410 e. The molecule has 0 amide bonds. The number of rotatable bonds is 7. The van der Waals surface area contributed by atoms with Crippen molar-refractivity contribution in [2.75, 3.05) is 20.1 Å². The lowest BCUT2D eigenvalue weighted by molar-refractivity contribution is 0.269. The van der Waals surface area contributed by atoms with Crippen molar-refractivity contribution in [3.63, 3.8) is 0 Å². The van der Waals surface area contributed by atoms with Gasteiger partial charge in [0, 0.05) is 29.5 Å². The summed E-state index contributed by atoms with van der Waals surface area (Å²) in [6, 6.07) is 2.73. The molecule has 0 aliphatic heterocycles. The summed E-state index contributed by atoms with van der Waals surface area (Å²) < 4.78 is 1.04. The van der Waals surface area contributed by atoms with E-state index in [1.807, 2.05) is 6.20 Å². The van der Waals surface area contributed by atoms with Gasteiger partial charge >= 0.3 is 0 Å². The van der Waals surface area contributed by atoms with Gasteiger partial charge in [-0.15, -0.1) is 0 Å². The molecule has 1 N–H and O–H groups in total. The molecule has 0 aliphatic carbocycles. The van der Waals surface area contributed by atoms with Crippen LogP contribution in [0, 0.1) is 0 Å². The lowest BCUT2D eigenvalue weighted by Gasteiger charge is -2.20. The van der Waals surface area contributed by atoms with Crippen molar-refractivity contribution in [2.45, 2.75) is 32.9 Å². The standard InChI is InChI=1S/C13H22BrN3/c1-11(2)17(3)6-4-5-15-8-12-7-13(14)10-16-9-12/h7,9-11,15H,4-6,8H2,1-3H3. The van der Waals surface area contributed by atoms with Gasteiger partial charge in [0.15, 0.2) is 0 Å². The van der Waals surface area contributed by atoms with Gasteiger partial charge in [-0.05, 0) is 68.0 Å². The number of nitrogens with one attached hydrogen (secondary N) is 1. The molecule has 0 bridgehead atoms. The minimum Gasteiger partial charge on any atom is -0.313 e. The Morgan fingerprint density at radius 1 is 1.41 bits per heavy atom. The van der Waals surface area contributed by atoms with Crippen LogP contribution in [0.5, 0.6) is 0 Å². The molecule has 0 saturated heterocycles. The normalized spacial score (nSPS) is 11.4. The number of nitrogens with zero attached hydrogens (tertiary/aromatic N) is 2. The van der Waals surface area contributed by atoms with Crippen LogP contribution in [0.2, 0.25) is 0 Å². The third kappa shape index (κ3) is 6.15. The first-order chi connectivity index (χ1) is 8.09. The van der Waals surface area contributed by atoms with Gasteiger partial charge in [0.1, 0.15) is 0 Å². The van der Waals surface area contributed by atoms with Crippen LogP contribution in [0.3, 0.4) is 0 Å². The highest BCUT2D eigenvalue weighted by atomic mass is 79.9. The maximum absolute atomic E-state index is 4.14. The van der Waals surface area contributed by atoms with Crippen molar-refractivity contribution < 1.29 is 0 Å². The number of hydrogen-bond donors (Lipinski definition) is 1. The van der Waals surface area contributed by atoms with Gasteiger partial charge in [0.25, 0.3) is 0 Å². The van der Waals surface area contributed by atoms with E-state index in [-0.39, 0.29) is 0 Å². The van der Waals surface area contributed by atoms with Crippen LogP contribution in [-0.4, -0.2) is 36.1 Å². The van der Waals surface area contributed by atoms with E-state index in [1.165, 1.54) is 12.0 Å². The average molecular weight is 300 g/mol. The van der Waals surface area contributed by atoms with Crippen LogP contribution >= 0.6 is 15.9 Å². The number of hydrogen-bond acceptors (Lipinski definition) is 3. The van der Waals surface area contributed by atoms with Crippen LogP contribution in [0.15, 0.2) is 22.9 Å². The molecule has 1 aromatic rings. The van der Waals surface area contributed by atoms with Crippen LogP contribution in [0.25, 0.3) is 0 Å². The molecule has 0 radical (unpaired) electrons. The zero-order valence-electron chi connectivity index (χ0n) is 10.9. The van der Waals surface area contributed by atoms with Gasteiger partial charge in [0.05, 0.1) is 0 Å². The van der Waals surface area contributed by atoms with E-state index in [9.17, 15) is 0 Å². The topological polar surface area (TPSA) is 28.2 Å². The molecule has 3 nitrogen and oxygen atoms in total. The summed E-state index contributed by atoms with van der Waals surface area (Å²) in [4.78, 5) is 6.50. The Labute approximate surface area is 113 Å². The van der Waals surface area contributed by atoms with Crippen molar-refractivity contribution in [1.29, 1.82) is 0 Å². The molecule has 1 aromatic heterocycles. The summed E-state index contributed by atoms with van der Waals surface area (Å²) in [5.74, 6) is 0. The lowest BCUT2D eigenvalue weighted by Crippen LogP contribution is -2.29. The fourth-order valence-electron chi connectivity index (χ4n) is 1.50. The number of aromatic nitrogens is 1. The van der Waals surface area contributed by atoms with Crippen molar-refractivity contribution in [2.24, 2.45) is 0 Å². The third-order valence-corrected chi connectivity index (χ3v) is 3.27. The van der Waals surface area contributed by atoms with E-state index in [2.05, 4.69) is 58.1 Å². The predicted octanol–water partition coefficient (Wildman–Crippen LogP) is 2.66. The first kappa shape index (κ1) is 14.6. The molecule has 0 spiro atoms. The van der Waals surface area contributed by atoms with Crippen LogP contribution in [0.4, 0.5) is 0 Å². The Kier molecular flexibility index (Phi) is 6.70. The smallest absolute Gasteiger partial charge is 0.0410 e. The first-order valence-electron chi connectivity index (χ1n) is 6.10. The van der Waals surface area contributed by atoms with Crippen molar-refractivity contribution in [3.05, 3.63) is 28.5 Å². The quantitative estimate of drug-likeness (QED) is 0.785. The van der Waals surface area contributed by atoms with E-state index in [0.29, 0.717) is 6.04 Å². The molecule has 0 fully saturated rings. The predicted molar refractivity (Wildman–Crippen MR) is 76.0 cm³/mol. The SMILES string of the molecule is CC(C)N(C)CCCNCc1cncc(Br)c1. The van der Waals surface area contributed by atoms with E-state index in [0.717, 1.165) is 24.1 Å². The molecule has 0 saturated carbocycles. The van der Waals surface area contributed by atoms with Crippen LogP contribution in [0.1, 0.15) is 25.8 Å². The molecule has 96 valence electrons. The largest absolute Gasteiger partial charge is 0.313 e. The molecule has 1 rings (SSSR count). The Morgan fingerprint density at radius 2 is 2.18 bits per heavy atom. The Morgan fingerprint density at radius 3 is 2.82 bits per heavy atom.